The molecule has 96 valence electrons. The number of nitrogens with one attached hydrogen (secondary N) is 1. The van der Waals surface area contributed by atoms with Crippen molar-refractivity contribution in [2.75, 3.05) is 37.7 Å². The molecule has 0 unspecified atom stereocenters. The Balaban J connectivity index is 2.28. The van der Waals surface area contributed by atoms with Crippen LogP contribution >= 0.6 is 0 Å². The zero-order valence-corrected chi connectivity index (χ0v) is 11.4. The number of hydrogen-bond acceptors (Lipinski definition) is 4. The van der Waals surface area contributed by atoms with Crippen molar-refractivity contribution in [1.29, 1.82) is 0 Å². The molecule has 0 atom stereocenters. The highest BCUT2D eigenvalue weighted by molar-refractivity contribution is 7.91. The molecule has 1 saturated heterocycles. The van der Waals surface area contributed by atoms with Gasteiger partial charge in [0.2, 0.25) is 0 Å². The van der Waals surface area contributed by atoms with E-state index in [9.17, 15) is 8.42 Å². The van der Waals surface area contributed by atoms with Crippen molar-refractivity contribution in [3.63, 3.8) is 0 Å². The van der Waals surface area contributed by atoms with Crippen molar-refractivity contribution in [3.05, 3.63) is 0 Å². The van der Waals surface area contributed by atoms with E-state index in [-0.39, 0.29) is 11.3 Å². The van der Waals surface area contributed by atoms with Crippen molar-refractivity contribution in [2.45, 2.75) is 32.7 Å². The van der Waals surface area contributed by atoms with E-state index in [1.165, 1.54) is 0 Å². The second-order valence-electron chi connectivity index (χ2n) is 5.18. The highest BCUT2D eigenvalue weighted by Gasteiger charge is 2.25. The number of sulfone groups is 1. The van der Waals surface area contributed by atoms with E-state index in [0.717, 1.165) is 32.6 Å². The zero-order chi connectivity index (χ0) is 12.2. The van der Waals surface area contributed by atoms with Crippen LogP contribution in [-0.2, 0) is 9.84 Å². The van der Waals surface area contributed by atoms with Gasteiger partial charge in [-0.2, -0.15) is 0 Å². The average molecular weight is 248 g/mol. The molecule has 0 spiro atoms. The fraction of sp³-hybridized carbons (Fsp3) is 1.00. The van der Waals surface area contributed by atoms with Gasteiger partial charge in [0.15, 0.2) is 0 Å². The maximum atomic E-state index is 11.3. The Labute approximate surface area is 99.3 Å². The van der Waals surface area contributed by atoms with Gasteiger partial charge in [-0.1, -0.05) is 6.92 Å². The minimum atomic E-state index is -2.79. The summed E-state index contributed by atoms with van der Waals surface area (Å²) in [5, 5.41) is 3.45. The zero-order valence-electron chi connectivity index (χ0n) is 10.6. The van der Waals surface area contributed by atoms with Crippen molar-refractivity contribution >= 4 is 9.84 Å². The Morgan fingerprint density at radius 1 is 1.38 bits per heavy atom. The summed E-state index contributed by atoms with van der Waals surface area (Å²) < 4.78 is 22.7. The molecule has 16 heavy (non-hydrogen) atoms. The van der Waals surface area contributed by atoms with Crippen LogP contribution in [0.3, 0.4) is 0 Å². The second-order valence-corrected chi connectivity index (χ2v) is 7.65. The van der Waals surface area contributed by atoms with E-state index in [1.54, 1.807) is 6.92 Å². The number of piperazine rings is 1. The minimum Gasteiger partial charge on any atom is -0.309 e. The predicted octanol–water partition coefficient (Wildman–Crippen LogP) is 0.495. The third-order valence-electron chi connectivity index (χ3n) is 3.02. The average Bonchev–Trinajstić information content (AvgIpc) is 2.16. The van der Waals surface area contributed by atoms with Gasteiger partial charge < -0.3 is 10.2 Å². The lowest BCUT2D eigenvalue weighted by Crippen LogP contribution is -2.57. The standard InChI is InChI=1S/C11H24N2O2S/c1-4-16(14,15)9-5-7-13-8-6-12-11(2,3)10-13/h12H,4-10H2,1-3H3. The summed E-state index contributed by atoms with van der Waals surface area (Å²) in [5.41, 5.74) is 0.155. The summed E-state index contributed by atoms with van der Waals surface area (Å²) in [6.07, 6.45) is 0.756. The van der Waals surface area contributed by atoms with Crippen LogP contribution in [0.4, 0.5) is 0 Å². The van der Waals surface area contributed by atoms with Gasteiger partial charge in [0.05, 0.1) is 5.75 Å². The molecule has 0 aromatic rings. The molecule has 1 aliphatic rings. The van der Waals surface area contributed by atoms with Gasteiger partial charge in [-0.15, -0.1) is 0 Å². The maximum absolute atomic E-state index is 11.3. The molecule has 1 fully saturated rings. The van der Waals surface area contributed by atoms with Gasteiger partial charge in [0, 0.05) is 30.9 Å². The number of hydrogen-bond donors (Lipinski definition) is 1. The minimum absolute atomic E-state index is 0.155. The Morgan fingerprint density at radius 2 is 2.06 bits per heavy atom. The predicted molar refractivity (Wildman–Crippen MR) is 67.5 cm³/mol. The first kappa shape index (κ1) is 13.9. The molecular weight excluding hydrogens is 224 g/mol. The van der Waals surface area contributed by atoms with E-state index in [1.807, 2.05) is 0 Å². The first-order valence-corrected chi connectivity index (χ1v) is 7.84. The molecule has 0 amide bonds. The van der Waals surface area contributed by atoms with Crippen LogP contribution in [0.25, 0.3) is 0 Å². The van der Waals surface area contributed by atoms with E-state index in [4.69, 9.17) is 0 Å². The summed E-state index contributed by atoms with van der Waals surface area (Å²) in [6, 6.07) is 0. The van der Waals surface area contributed by atoms with Gasteiger partial charge in [-0.25, -0.2) is 8.42 Å². The molecule has 1 aliphatic heterocycles. The Morgan fingerprint density at radius 3 is 2.62 bits per heavy atom. The van der Waals surface area contributed by atoms with Crippen LogP contribution in [0.15, 0.2) is 0 Å². The van der Waals surface area contributed by atoms with Gasteiger partial charge in [0.25, 0.3) is 0 Å². The van der Waals surface area contributed by atoms with Crippen LogP contribution in [-0.4, -0.2) is 56.5 Å². The van der Waals surface area contributed by atoms with Gasteiger partial charge in [-0.3, -0.25) is 0 Å². The SMILES string of the molecule is CCS(=O)(=O)CCCN1CCNC(C)(C)C1. The molecule has 0 bridgehead atoms. The first-order valence-electron chi connectivity index (χ1n) is 6.02. The van der Waals surface area contributed by atoms with Crippen LogP contribution in [0, 0.1) is 0 Å². The monoisotopic (exact) mass is 248 g/mol. The van der Waals surface area contributed by atoms with Crippen molar-refractivity contribution in [3.8, 4) is 0 Å². The highest BCUT2D eigenvalue weighted by Crippen LogP contribution is 2.10. The molecule has 0 aliphatic carbocycles. The van der Waals surface area contributed by atoms with Gasteiger partial charge in [0.1, 0.15) is 9.84 Å². The number of rotatable bonds is 5. The van der Waals surface area contributed by atoms with Crippen molar-refractivity contribution in [1.82, 2.24) is 10.2 Å². The topological polar surface area (TPSA) is 49.4 Å². The number of nitrogens with zero attached hydrogens (tertiary/aromatic N) is 1. The quantitative estimate of drug-likeness (QED) is 0.769. The van der Waals surface area contributed by atoms with Crippen molar-refractivity contribution in [2.24, 2.45) is 0 Å². The molecule has 0 aromatic heterocycles. The summed E-state index contributed by atoms with van der Waals surface area (Å²) in [7, 11) is -2.79. The normalized spacial score (nSPS) is 22.2. The smallest absolute Gasteiger partial charge is 0.150 e. The molecule has 0 aromatic carbocycles. The second kappa shape index (κ2) is 5.47. The Hall–Kier alpha value is -0.130. The third kappa shape index (κ3) is 4.80. The van der Waals surface area contributed by atoms with Crippen LogP contribution in [0.5, 0.6) is 0 Å². The van der Waals surface area contributed by atoms with E-state index >= 15 is 0 Å². The van der Waals surface area contributed by atoms with Crippen LogP contribution in [0.1, 0.15) is 27.2 Å². The largest absolute Gasteiger partial charge is 0.309 e. The summed E-state index contributed by atoms with van der Waals surface area (Å²) in [4.78, 5) is 2.35. The fourth-order valence-electron chi connectivity index (χ4n) is 2.09. The Kier molecular flexibility index (Phi) is 4.76. The summed E-state index contributed by atoms with van der Waals surface area (Å²) >= 11 is 0. The van der Waals surface area contributed by atoms with Gasteiger partial charge >= 0.3 is 0 Å². The lowest BCUT2D eigenvalue weighted by atomic mass is 10.0. The Bertz CT molecular complexity index is 312. The van der Waals surface area contributed by atoms with Crippen molar-refractivity contribution < 1.29 is 8.42 Å². The lowest BCUT2D eigenvalue weighted by molar-refractivity contribution is 0.155. The molecule has 0 radical (unpaired) electrons. The molecule has 1 N–H and O–H groups in total. The van der Waals surface area contributed by atoms with E-state index < -0.39 is 9.84 Å². The molecule has 4 nitrogen and oxygen atoms in total. The molecule has 1 rings (SSSR count). The molecule has 5 heteroatoms. The lowest BCUT2D eigenvalue weighted by Gasteiger charge is -2.39. The molecular formula is C11H24N2O2S. The van der Waals surface area contributed by atoms with Crippen LogP contribution < -0.4 is 5.32 Å². The summed E-state index contributed by atoms with van der Waals surface area (Å²) in [6.45, 7) is 9.99. The third-order valence-corrected chi connectivity index (χ3v) is 4.81. The van der Waals surface area contributed by atoms with Crippen LogP contribution in [0.2, 0.25) is 0 Å². The first-order chi connectivity index (χ1) is 7.35. The van der Waals surface area contributed by atoms with E-state index in [2.05, 4.69) is 24.1 Å². The molecule has 1 heterocycles. The van der Waals surface area contributed by atoms with Gasteiger partial charge in [-0.05, 0) is 26.8 Å². The van der Waals surface area contributed by atoms with E-state index in [0.29, 0.717) is 5.75 Å². The maximum Gasteiger partial charge on any atom is 0.150 e. The fourth-order valence-corrected chi connectivity index (χ4v) is 2.95. The highest BCUT2D eigenvalue weighted by atomic mass is 32.2. The molecule has 0 saturated carbocycles. The summed E-state index contributed by atoms with van der Waals surface area (Å²) in [5.74, 6) is 0.591.